The van der Waals surface area contributed by atoms with E-state index in [0.29, 0.717) is 12.5 Å². The first-order valence-electron chi connectivity index (χ1n) is 9.72. The number of fused-ring (bicyclic) bond motifs is 1. The van der Waals surface area contributed by atoms with E-state index in [2.05, 4.69) is 62.7 Å². The second kappa shape index (κ2) is 8.52. The largest absolute Gasteiger partial charge is 0.444 e. The number of hydrogen-bond donors (Lipinski definition) is 1. The number of carbonyl (C=O) groups excluding carboxylic acids is 1. The number of nitrogens with one attached hydrogen (secondary N) is 1. The van der Waals surface area contributed by atoms with E-state index in [-0.39, 0.29) is 6.10 Å². The Kier molecular flexibility index (Phi) is 5.84. The van der Waals surface area contributed by atoms with Crippen molar-refractivity contribution in [2.24, 2.45) is 0 Å². The van der Waals surface area contributed by atoms with E-state index in [1.165, 1.54) is 5.56 Å². The van der Waals surface area contributed by atoms with Crippen molar-refractivity contribution in [3.8, 4) is 0 Å². The van der Waals surface area contributed by atoms with Crippen LogP contribution in [0.25, 0.3) is 10.9 Å². The minimum Gasteiger partial charge on any atom is -0.444 e. The van der Waals surface area contributed by atoms with Crippen molar-refractivity contribution in [2.45, 2.75) is 32.3 Å². The number of rotatable bonds is 4. The molecule has 150 valence electrons. The van der Waals surface area contributed by atoms with Crippen LogP contribution in [0.5, 0.6) is 0 Å². The Morgan fingerprint density at radius 2 is 2.00 bits per heavy atom. The van der Waals surface area contributed by atoms with Gasteiger partial charge in [0.25, 0.3) is 0 Å². The molecular formula is C22H23IN4O2. The lowest BCUT2D eigenvalue weighted by atomic mass is 10.0. The molecule has 1 atom stereocenters. The zero-order valence-electron chi connectivity index (χ0n) is 16.4. The fourth-order valence-electron chi connectivity index (χ4n) is 3.53. The van der Waals surface area contributed by atoms with Gasteiger partial charge in [-0.05, 0) is 64.4 Å². The molecular weight excluding hydrogens is 479 g/mol. The maximum absolute atomic E-state index is 12.3. The molecule has 29 heavy (non-hydrogen) atoms. The van der Waals surface area contributed by atoms with Crippen LogP contribution in [0.4, 0.5) is 16.3 Å². The number of anilines is 2. The van der Waals surface area contributed by atoms with E-state index in [1.54, 1.807) is 6.33 Å². The molecule has 1 unspecified atom stereocenters. The van der Waals surface area contributed by atoms with Crippen LogP contribution in [0.3, 0.4) is 0 Å². The number of halogens is 1. The van der Waals surface area contributed by atoms with E-state index < -0.39 is 6.09 Å². The molecule has 7 heteroatoms. The summed E-state index contributed by atoms with van der Waals surface area (Å²) in [7, 11) is 0. The minimum atomic E-state index is -0.420. The van der Waals surface area contributed by atoms with Crippen LogP contribution in [0, 0.1) is 3.57 Å². The fraction of sp³-hybridized carbons (Fsp3) is 0.318. The van der Waals surface area contributed by atoms with Crippen LogP contribution < -0.4 is 10.2 Å². The summed E-state index contributed by atoms with van der Waals surface area (Å²) in [4.78, 5) is 23.3. The van der Waals surface area contributed by atoms with Gasteiger partial charge in [-0.2, -0.15) is 0 Å². The van der Waals surface area contributed by atoms with Gasteiger partial charge < -0.3 is 9.64 Å². The van der Waals surface area contributed by atoms with Crippen LogP contribution in [-0.4, -0.2) is 35.3 Å². The van der Waals surface area contributed by atoms with Gasteiger partial charge >= 0.3 is 6.09 Å². The third-order valence-corrected chi connectivity index (χ3v) is 5.79. The van der Waals surface area contributed by atoms with Crippen molar-refractivity contribution in [1.29, 1.82) is 0 Å². The molecule has 1 N–H and O–H groups in total. The highest BCUT2D eigenvalue weighted by molar-refractivity contribution is 14.1. The van der Waals surface area contributed by atoms with E-state index in [0.717, 1.165) is 38.9 Å². The molecule has 3 aromatic rings. The lowest BCUT2D eigenvalue weighted by Crippen LogP contribution is -2.27. The maximum Gasteiger partial charge on any atom is 0.411 e. The quantitative estimate of drug-likeness (QED) is 0.498. The molecule has 1 fully saturated rings. The van der Waals surface area contributed by atoms with Crippen LogP contribution in [0.15, 0.2) is 48.8 Å². The second-order valence-electron chi connectivity index (χ2n) is 7.52. The Morgan fingerprint density at radius 3 is 2.76 bits per heavy atom. The summed E-state index contributed by atoms with van der Waals surface area (Å²) < 4.78 is 6.78. The molecule has 1 aromatic heterocycles. The van der Waals surface area contributed by atoms with Gasteiger partial charge in [0, 0.05) is 27.6 Å². The van der Waals surface area contributed by atoms with Gasteiger partial charge in [-0.15, -0.1) is 0 Å². The molecule has 0 saturated carbocycles. The summed E-state index contributed by atoms with van der Waals surface area (Å²) in [6.45, 7) is 5.70. The third kappa shape index (κ3) is 4.60. The van der Waals surface area contributed by atoms with Crippen molar-refractivity contribution in [3.63, 3.8) is 0 Å². The summed E-state index contributed by atoms with van der Waals surface area (Å²) in [5.41, 5.74) is 2.90. The first-order chi connectivity index (χ1) is 14.0. The highest BCUT2D eigenvalue weighted by Crippen LogP contribution is 2.28. The van der Waals surface area contributed by atoms with Gasteiger partial charge in [-0.1, -0.05) is 26.0 Å². The van der Waals surface area contributed by atoms with Gasteiger partial charge in [-0.25, -0.2) is 14.8 Å². The van der Waals surface area contributed by atoms with Gasteiger partial charge in [-0.3, -0.25) is 5.32 Å². The minimum absolute atomic E-state index is 0.169. The summed E-state index contributed by atoms with van der Waals surface area (Å²) in [6, 6.07) is 14.0. The van der Waals surface area contributed by atoms with Crippen LogP contribution in [0.1, 0.15) is 31.7 Å². The topological polar surface area (TPSA) is 67.3 Å². The number of aromatic nitrogens is 2. The zero-order chi connectivity index (χ0) is 20.4. The average Bonchev–Trinajstić information content (AvgIpc) is 3.16. The molecule has 1 saturated heterocycles. The van der Waals surface area contributed by atoms with E-state index in [4.69, 9.17) is 4.74 Å². The smallest absolute Gasteiger partial charge is 0.411 e. The Bertz CT molecular complexity index is 1020. The standard InChI is InChI=1S/C22H23IN4O2/c1-14(2)15-3-6-17(7-4-15)26-22(28)29-18-9-10-27(12-18)21-19-11-16(23)5-8-20(19)24-13-25-21/h3-8,11,13-14,18H,9-10,12H2,1-2H3,(H,26,28). The summed E-state index contributed by atoms with van der Waals surface area (Å²) in [6.07, 6.45) is 1.77. The Hall–Kier alpha value is -2.42. The molecule has 1 amide bonds. The van der Waals surface area contributed by atoms with E-state index in [1.807, 2.05) is 36.4 Å². The molecule has 1 aliphatic rings. The SMILES string of the molecule is CC(C)c1ccc(NC(=O)OC2CCN(c3ncnc4ccc(I)cc34)C2)cc1. The van der Waals surface area contributed by atoms with Crippen molar-refractivity contribution >= 4 is 51.1 Å². The molecule has 6 nitrogen and oxygen atoms in total. The number of ether oxygens (including phenoxy) is 1. The maximum atomic E-state index is 12.3. The molecule has 0 radical (unpaired) electrons. The van der Waals surface area contributed by atoms with Gasteiger partial charge in [0.05, 0.1) is 12.1 Å². The summed E-state index contributed by atoms with van der Waals surface area (Å²) in [5, 5.41) is 3.84. The monoisotopic (exact) mass is 502 g/mol. The van der Waals surface area contributed by atoms with Gasteiger partial charge in [0.2, 0.25) is 0 Å². The molecule has 2 heterocycles. The second-order valence-corrected chi connectivity index (χ2v) is 8.77. The molecule has 0 spiro atoms. The first kappa shape index (κ1) is 19.9. The zero-order valence-corrected chi connectivity index (χ0v) is 18.6. The fourth-order valence-corrected chi connectivity index (χ4v) is 4.03. The molecule has 1 aliphatic heterocycles. The normalized spacial score (nSPS) is 16.4. The molecule has 0 bridgehead atoms. The molecule has 2 aromatic carbocycles. The number of amides is 1. The first-order valence-corrected chi connectivity index (χ1v) is 10.8. The number of carbonyl (C=O) groups is 1. The van der Waals surface area contributed by atoms with Crippen molar-refractivity contribution in [1.82, 2.24) is 9.97 Å². The lowest BCUT2D eigenvalue weighted by Gasteiger charge is -2.19. The Labute approximate surface area is 183 Å². The van der Waals surface area contributed by atoms with Gasteiger partial charge in [0.1, 0.15) is 18.2 Å². The number of hydrogen-bond acceptors (Lipinski definition) is 5. The van der Waals surface area contributed by atoms with Crippen LogP contribution in [0.2, 0.25) is 0 Å². The average molecular weight is 502 g/mol. The Balaban J connectivity index is 1.39. The predicted molar refractivity (Wildman–Crippen MR) is 124 cm³/mol. The number of benzene rings is 2. The third-order valence-electron chi connectivity index (χ3n) is 5.12. The van der Waals surface area contributed by atoms with Crippen molar-refractivity contribution < 1.29 is 9.53 Å². The highest BCUT2D eigenvalue weighted by Gasteiger charge is 2.27. The van der Waals surface area contributed by atoms with Crippen LogP contribution >= 0.6 is 22.6 Å². The predicted octanol–water partition coefficient (Wildman–Crippen LogP) is 5.19. The molecule has 4 rings (SSSR count). The van der Waals surface area contributed by atoms with Gasteiger partial charge in [0.15, 0.2) is 0 Å². The molecule has 0 aliphatic carbocycles. The van der Waals surface area contributed by atoms with Crippen molar-refractivity contribution in [2.75, 3.05) is 23.3 Å². The Morgan fingerprint density at radius 1 is 1.21 bits per heavy atom. The van der Waals surface area contributed by atoms with E-state index in [9.17, 15) is 4.79 Å². The lowest BCUT2D eigenvalue weighted by molar-refractivity contribution is 0.122. The van der Waals surface area contributed by atoms with Crippen LogP contribution in [-0.2, 0) is 4.74 Å². The summed E-state index contributed by atoms with van der Waals surface area (Å²) in [5.74, 6) is 1.35. The summed E-state index contributed by atoms with van der Waals surface area (Å²) >= 11 is 2.29. The van der Waals surface area contributed by atoms with Crippen molar-refractivity contribution in [3.05, 3.63) is 57.9 Å². The highest BCUT2D eigenvalue weighted by atomic mass is 127. The number of nitrogens with zero attached hydrogens (tertiary/aromatic N) is 3. The van der Waals surface area contributed by atoms with E-state index >= 15 is 0 Å².